The summed E-state index contributed by atoms with van der Waals surface area (Å²) < 4.78 is 5.66. The average molecular weight is 347 g/mol. The van der Waals surface area contributed by atoms with Gasteiger partial charge in [0, 0.05) is 17.3 Å². The minimum atomic E-state index is -0.166. The fourth-order valence-electron chi connectivity index (χ4n) is 2.69. The van der Waals surface area contributed by atoms with Crippen molar-refractivity contribution in [2.24, 2.45) is 10.9 Å². The number of hydrogen-bond donors (Lipinski definition) is 2. The average Bonchev–Trinajstić information content (AvgIpc) is 2.61. The molecule has 0 bridgehead atoms. The number of carbonyl (C=O) groups is 1. The van der Waals surface area contributed by atoms with Crippen molar-refractivity contribution in [2.45, 2.75) is 20.0 Å². The van der Waals surface area contributed by atoms with Crippen LogP contribution in [-0.4, -0.2) is 18.2 Å². The second-order valence-electron chi connectivity index (χ2n) is 6.25. The van der Waals surface area contributed by atoms with Gasteiger partial charge in [-0.05, 0) is 60.5 Å². The van der Waals surface area contributed by atoms with E-state index in [1.807, 2.05) is 68.4 Å². The molecule has 3 aromatic rings. The number of carbonyl (C=O) groups excluding carboxylic acids is 1. The summed E-state index contributed by atoms with van der Waals surface area (Å²) in [6.07, 6.45) is 1.67. The van der Waals surface area contributed by atoms with Crippen LogP contribution in [0.3, 0.4) is 0 Å². The molecule has 0 aromatic heterocycles. The zero-order valence-electron chi connectivity index (χ0n) is 14.8. The highest BCUT2D eigenvalue weighted by Crippen LogP contribution is 2.21. The highest BCUT2D eigenvalue weighted by Gasteiger charge is 2.08. The molecule has 132 valence electrons. The molecule has 26 heavy (non-hydrogen) atoms. The third-order valence-corrected chi connectivity index (χ3v) is 3.81. The number of fused-ring (bicyclic) bond motifs is 1. The molecule has 0 aliphatic heterocycles. The third kappa shape index (κ3) is 4.19. The summed E-state index contributed by atoms with van der Waals surface area (Å²) in [4.78, 5) is 12.6. The molecule has 0 saturated heterocycles. The largest absolute Gasteiger partial charge is 0.491 e. The Morgan fingerprint density at radius 1 is 1.08 bits per heavy atom. The molecule has 0 aliphatic rings. The van der Waals surface area contributed by atoms with Gasteiger partial charge in [0.25, 0.3) is 5.91 Å². The zero-order chi connectivity index (χ0) is 18.5. The quantitative estimate of drug-likeness (QED) is 0.413. The fraction of sp³-hybridized carbons (Fsp3) is 0.143. The van der Waals surface area contributed by atoms with Crippen molar-refractivity contribution in [3.8, 4) is 5.75 Å². The van der Waals surface area contributed by atoms with E-state index in [1.165, 1.54) is 0 Å². The van der Waals surface area contributed by atoms with Crippen LogP contribution < -0.4 is 15.9 Å². The van der Waals surface area contributed by atoms with Gasteiger partial charge in [-0.25, -0.2) is 0 Å². The number of rotatable bonds is 5. The molecule has 0 spiro atoms. The molecule has 3 N–H and O–H groups in total. The van der Waals surface area contributed by atoms with Gasteiger partial charge in [0.15, 0.2) is 0 Å². The SMILES string of the molecule is CC(C)Oc1cccc(NC(=O)c2ccc3cc(C=NN)ccc3c2)c1. The van der Waals surface area contributed by atoms with E-state index in [1.54, 1.807) is 12.3 Å². The highest BCUT2D eigenvalue weighted by atomic mass is 16.5. The molecule has 0 fully saturated rings. The van der Waals surface area contributed by atoms with Gasteiger partial charge in [0.1, 0.15) is 5.75 Å². The van der Waals surface area contributed by atoms with Crippen molar-refractivity contribution in [1.82, 2.24) is 0 Å². The van der Waals surface area contributed by atoms with Crippen LogP contribution in [0.15, 0.2) is 65.8 Å². The normalized spacial score (nSPS) is 11.2. The van der Waals surface area contributed by atoms with E-state index >= 15 is 0 Å². The molecule has 0 atom stereocenters. The van der Waals surface area contributed by atoms with Crippen LogP contribution in [0.5, 0.6) is 5.75 Å². The summed E-state index contributed by atoms with van der Waals surface area (Å²) in [6.45, 7) is 3.93. The second kappa shape index (κ2) is 7.70. The van der Waals surface area contributed by atoms with E-state index in [2.05, 4.69) is 10.4 Å². The van der Waals surface area contributed by atoms with Crippen LogP contribution in [0, 0.1) is 0 Å². The summed E-state index contributed by atoms with van der Waals surface area (Å²) in [6, 6.07) is 18.8. The van der Waals surface area contributed by atoms with Crippen LogP contribution in [0.2, 0.25) is 0 Å². The first-order valence-electron chi connectivity index (χ1n) is 8.40. The molecule has 5 heteroatoms. The van der Waals surface area contributed by atoms with Gasteiger partial charge in [-0.2, -0.15) is 5.10 Å². The summed E-state index contributed by atoms with van der Waals surface area (Å²) >= 11 is 0. The number of hydrogen-bond acceptors (Lipinski definition) is 4. The van der Waals surface area contributed by atoms with Gasteiger partial charge in [-0.3, -0.25) is 4.79 Å². The Bertz CT molecular complexity index is 964. The molecule has 1 amide bonds. The molecule has 5 nitrogen and oxygen atoms in total. The van der Waals surface area contributed by atoms with E-state index in [-0.39, 0.29) is 12.0 Å². The summed E-state index contributed by atoms with van der Waals surface area (Å²) in [5.74, 6) is 5.75. The summed E-state index contributed by atoms with van der Waals surface area (Å²) in [5, 5.41) is 8.44. The number of nitrogens with one attached hydrogen (secondary N) is 1. The Morgan fingerprint density at radius 2 is 1.85 bits per heavy atom. The van der Waals surface area contributed by atoms with E-state index in [9.17, 15) is 4.79 Å². The number of benzene rings is 3. The number of anilines is 1. The van der Waals surface area contributed by atoms with Gasteiger partial charge in [0.2, 0.25) is 0 Å². The molecular formula is C21H21N3O2. The number of hydrazone groups is 1. The van der Waals surface area contributed by atoms with E-state index < -0.39 is 0 Å². The van der Waals surface area contributed by atoms with Gasteiger partial charge in [-0.1, -0.05) is 24.3 Å². The molecule has 0 radical (unpaired) electrons. The number of nitrogens with two attached hydrogens (primary N) is 1. The Kier molecular flexibility index (Phi) is 5.17. The minimum Gasteiger partial charge on any atom is -0.491 e. The summed E-state index contributed by atoms with van der Waals surface area (Å²) in [7, 11) is 0. The van der Waals surface area contributed by atoms with Crippen molar-refractivity contribution in [3.63, 3.8) is 0 Å². The smallest absolute Gasteiger partial charge is 0.255 e. The molecular weight excluding hydrogens is 326 g/mol. The number of nitrogens with zero attached hydrogens (tertiary/aromatic N) is 1. The van der Waals surface area contributed by atoms with Crippen LogP contribution in [0.1, 0.15) is 29.8 Å². The lowest BCUT2D eigenvalue weighted by Gasteiger charge is -2.12. The topological polar surface area (TPSA) is 76.7 Å². The Morgan fingerprint density at radius 3 is 2.62 bits per heavy atom. The predicted molar refractivity (Wildman–Crippen MR) is 106 cm³/mol. The van der Waals surface area contributed by atoms with E-state index in [0.717, 1.165) is 22.1 Å². The molecule has 3 aromatic carbocycles. The molecule has 3 rings (SSSR count). The lowest BCUT2D eigenvalue weighted by atomic mass is 10.0. The van der Waals surface area contributed by atoms with Crippen molar-refractivity contribution < 1.29 is 9.53 Å². The number of ether oxygens (including phenoxy) is 1. The third-order valence-electron chi connectivity index (χ3n) is 3.81. The second-order valence-corrected chi connectivity index (χ2v) is 6.25. The first-order valence-corrected chi connectivity index (χ1v) is 8.40. The molecule has 0 aliphatic carbocycles. The van der Waals surface area contributed by atoms with E-state index in [4.69, 9.17) is 10.6 Å². The van der Waals surface area contributed by atoms with Gasteiger partial charge in [0.05, 0.1) is 12.3 Å². The number of amides is 1. The Labute approximate surface area is 152 Å². The van der Waals surface area contributed by atoms with Crippen LogP contribution >= 0.6 is 0 Å². The van der Waals surface area contributed by atoms with Crippen molar-refractivity contribution in [3.05, 3.63) is 71.8 Å². The Hall–Kier alpha value is -3.34. The van der Waals surface area contributed by atoms with Gasteiger partial charge >= 0.3 is 0 Å². The maximum atomic E-state index is 12.6. The van der Waals surface area contributed by atoms with Crippen molar-refractivity contribution in [1.29, 1.82) is 0 Å². The first-order chi connectivity index (χ1) is 12.5. The Balaban J connectivity index is 1.80. The predicted octanol–water partition coefficient (Wildman–Crippen LogP) is 4.17. The highest BCUT2D eigenvalue weighted by molar-refractivity contribution is 6.06. The lowest BCUT2D eigenvalue weighted by molar-refractivity contribution is 0.102. The molecule has 0 saturated carbocycles. The van der Waals surface area contributed by atoms with Crippen LogP contribution in [0.25, 0.3) is 10.8 Å². The first kappa shape index (κ1) is 17.5. The maximum Gasteiger partial charge on any atom is 0.255 e. The van der Waals surface area contributed by atoms with E-state index in [0.29, 0.717) is 11.3 Å². The summed E-state index contributed by atoms with van der Waals surface area (Å²) in [5.41, 5.74) is 2.20. The van der Waals surface area contributed by atoms with Crippen LogP contribution in [-0.2, 0) is 0 Å². The van der Waals surface area contributed by atoms with Crippen LogP contribution in [0.4, 0.5) is 5.69 Å². The van der Waals surface area contributed by atoms with Gasteiger partial charge < -0.3 is 15.9 Å². The lowest BCUT2D eigenvalue weighted by Crippen LogP contribution is -2.12. The van der Waals surface area contributed by atoms with Gasteiger partial charge in [-0.15, -0.1) is 0 Å². The maximum absolute atomic E-state index is 12.6. The minimum absolute atomic E-state index is 0.0793. The fourth-order valence-corrected chi connectivity index (χ4v) is 2.69. The molecule has 0 heterocycles. The zero-order valence-corrected chi connectivity index (χ0v) is 14.8. The molecule has 0 unspecified atom stereocenters. The van der Waals surface area contributed by atoms with Crippen molar-refractivity contribution in [2.75, 3.05) is 5.32 Å². The standard InChI is InChI=1S/C21H21N3O2/c1-14(2)26-20-5-3-4-19(12-20)24-21(25)18-9-8-16-10-15(13-23-22)6-7-17(16)11-18/h3-14H,22H2,1-2H3,(H,24,25). The van der Waals surface area contributed by atoms with Crippen molar-refractivity contribution >= 4 is 28.6 Å². The monoisotopic (exact) mass is 347 g/mol.